The smallest absolute Gasteiger partial charge is 0.231 e. The highest BCUT2D eigenvalue weighted by atomic mass is 16.1. The number of anilines is 1. The quantitative estimate of drug-likeness (QED) is 0.736. The molecule has 0 atom stereocenters. The summed E-state index contributed by atoms with van der Waals surface area (Å²) in [5.41, 5.74) is 12.8. The maximum absolute atomic E-state index is 11.2. The minimum Gasteiger partial charge on any atom is -0.399 e. The first-order valence-electron chi connectivity index (χ1n) is 6.87. The molecule has 0 bridgehead atoms. The largest absolute Gasteiger partial charge is 0.399 e. The van der Waals surface area contributed by atoms with Gasteiger partial charge in [0.05, 0.1) is 6.54 Å². The van der Waals surface area contributed by atoms with E-state index < -0.39 is 0 Å². The van der Waals surface area contributed by atoms with Crippen molar-refractivity contribution in [2.45, 2.75) is 20.0 Å². The van der Waals surface area contributed by atoms with Crippen LogP contribution >= 0.6 is 0 Å². The van der Waals surface area contributed by atoms with Crippen LogP contribution in [0.2, 0.25) is 0 Å². The molecule has 0 aliphatic carbocycles. The van der Waals surface area contributed by atoms with E-state index in [-0.39, 0.29) is 12.5 Å². The molecule has 112 valence electrons. The highest BCUT2D eigenvalue weighted by Gasteiger charge is 2.10. The summed E-state index contributed by atoms with van der Waals surface area (Å²) in [7, 11) is 0. The second-order valence-electron chi connectivity index (χ2n) is 5.09. The summed E-state index contributed by atoms with van der Waals surface area (Å²) in [6.45, 7) is 4.35. The highest BCUT2D eigenvalue weighted by Crippen LogP contribution is 2.09. The van der Waals surface area contributed by atoms with Crippen LogP contribution in [0.1, 0.15) is 11.4 Å². The van der Waals surface area contributed by atoms with Gasteiger partial charge in [-0.2, -0.15) is 0 Å². The van der Waals surface area contributed by atoms with Gasteiger partial charge in [-0.3, -0.25) is 9.69 Å². The molecule has 6 heteroatoms. The summed E-state index contributed by atoms with van der Waals surface area (Å²) in [5.74, 6) is 0.634. The third-order valence-electron chi connectivity index (χ3n) is 3.35. The van der Waals surface area contributed by atoms with E-state index >= 15 is 0 Å². The predicted molar refractivity (Wildman–Crippen MR) is 82.3 cm³/mol. The monoisotopic (exact) mass is 287 g/mol. The van der Waals surface area contributed by atoms with Crippen LogP contribution in [0, 0.1) is 6.92 Å². The van der Waals surface area contributed by atoms with Gasteiger partial charge in [0.2, 0.25) is 5.91 Å². The van der Waals surface area contributed by atoms with Crippen molar-refractivity contribution in [2.75, 3.05) is 18.8 Å². The number of carbonyl (C=O) groups excluding carboxylic acids is 1. The number of benzene rings is 1. The van der Waals surface area contributed by atoms with Crippen LogP contribution in [-0.4, -0.2) is 33.4 Å². The lowest BCUT2D eigenvalue weighted by atomic mass is 10.2. The molecule has 0 radical (unpaired) electrons. The molecule has 1 heterocycles. The number of aromatic nitrogens is 2. The van der Waals surface area contributed by atoms with Crippen LogP contribution in [0.5, 0.6) is 0 Å². The molecule has 2 aromatic rings. The first-order chi connectivity index (χ1) is 10.0. The van der Waals surface area contributed by atoms with Gasteiger partial charge in [0.15, 0.2) is 0 Å². The number of carbonyl (C=O) groups is 1. The Labute approximate surface area is 124 Å². The van der Waals surface area contributed by atoms with Crippen molar-refractivity contribution in [2.24, 2.45) is 5.73 Å². The molecule has 0 unspecified atom stereocenters. The molecule has 2 rings (SSSR count). The molecule has 21 heavy (non-hydrogen) atoms. The number of rotatable bonds is 7. The highest BCUT2D eigenvalue weighted by molar-refractivity contribution is 5.75. The molecule has 1 amide bonds. The zero-order valence-corrected chi connectivity index (χ0v) is 12.2. The molecular formula is C15H21N5O. The number of nitrogen functional groups attached to an aromatic ring is 1. The SMILES string of the molecule is Cc1nccn1CCN(CC(N)=O)Cc1ccc(N)cc1. The maximum Gasteiger partial charge on any atom is 0.231 e. The van der Waals surface area contributed by atoms with E-state index in [9.17, 15) is 4.79 Å². The van der Waals surface area contributed by atoms with E-state index in [4.69, 9.17) is 11.5 Å². The van der Waals surface area contributed by atoms with Crippen LogP contribution in [0.25, 0.3) is 0 Å². The zero-order valence-electron chi connectivity index (χ0n) is 12.2. The number of nitrogens with two attached hydrogens (primary N) is 2. The molecule has 0 spiro atoms. The van der Waals surface area contributed by atoms with Gasteiger partial charge in [0.25, 0.3) is 0 Å². The van der Waals surface area contributed by atoms with Gasteiger partial charge in [-0.25, -0.2) is 4.98 Å². The average molecular weight is 287 g/mol. The van der Waals surface area contributed by atoms with Gasteiger partial charge in [-0.05, 0) is 24.6 Å². The Bertz CT molecular complexity index is 590. The van der Waals surface area contributed by atoms with Crippen LogP contribution in [-0.2, 0) is 17.9 Å². The molecule has 0 saturated heterocycles. The Kier molecular flexibility index (Phi) is 4.94. The van der Waals surface area contributed by atoms with E-state index in [2.05, 4.69) is 9.55 Å². The second kappa shape index (κ2) is 6.90. The minimum absolute atomic E-state index is 0.234. The van der Waals surface area contributed by atoms with Crippen molar-refractivity contribution in [1.29, 1.82) is 0 Å². The lowest BCUT2D eigenvalue weighted by molar-refractivity contribution is -0.119. The Morgan fingerprint density at radius 1 is 1.33 bits per heavy atom. The molecule has 0 fully saturated rings. The lowest BCUT2D eigenvalue weighted by Gasteiger charge is -2.21. The van der Waals surface area contributed by atoms with Crippen molar-refractivity contribution < 1.29 is 4.79 Å². The minimum atomic E-state index is -0.326. The fourth-order valence-electron chi connectivity index (χ4n) is 2.20. The molecule has 0 aliphatic heterocycles. The number of nitrogens with zero attached hydrogens (tertiary/aromatic N) is 3. The van der Waals surface area contributed by atoms with E-state index in [0.717, 1.165) is 30.2 Å². The summed E-state index contributed by atoms with van der Waals surface area (Å²) in [6.07, 6.45) is 3.70. The summed E-state index contributed by atoms with van der Waals surface area (Å²) in [5, 5.41) is 0. The molecule has 1 aromatic carbocycles. The molecular weight excluding hydrogens is 266 g/mol. The normalized spacial score (nSPS) is 11.0. The van der Waals surface area contributed by atoms with Gasteiger partial charge in [-0.15, -0.1) is 0 Å². The lowest BCUT2D eigenvalue weighted by Crippen LogP contribution is -2.35. The van der Waals surface area contributed by atoms with Gasteiger partial charge in [0, 0.05) is 37.7 Å². The van der Waals surface area contributed by atoms with E-state index in [1.807, 2.05) is 42.3 Å². The third kappa shape index (κ3) is 4.61. The van der Waals surface area contributed by atoms with Crippen LogP contribution in [0.3, 0.4) is 0 Å². The molecule has 4 N–H and O–H groups in total. The fourth-order valence-corrected chi connectivity index (χ4v) is 2.20. The van der Waals surface area contributed by atoms with Gasteiger partial charge in [-0.1, -0.05) is 12.1 Å². The van der Waals surface area contributed by atoms with Gasteiger partial charge in [0.1, 0.15) is 5.82 Å². The van der Waals surface area contributed by atoms with Gasteiger partial charge >= 0.3 is 0 Å². The summed E-state index contributed by atoms with van der Waals surface area (Å²) < 4.78 is 2.05. The number of aryl methyl sites for hydroxylation is 1. The van der Waals surface area contributed by atoms with Crippen LogP contribution < -0.4 is 11.5 Å². The standard InChI is InChI=1S/C15H21N5O/c1-12-18-6-7-20(12)9-8-19(11-15(17)21)10-13-2-4-14(16)5-3-13/h2-7H,8-11,16H2,1H3,(H2,17,21). The summed E-state index contributed by atoms with van der Waals surface area (Å²) in [4.78, 5) is 17.4. The molecule has 0 saturated carbocycles. The predicted octanol–water partition coefficient (Wildman–Crippen LogP) is 0.761. The number of hydrogen-bond acceptors (Lipinski definition) is 4. The Morgan fingerprint density at radius 2 is 2.05 bits per heavy atom. The van der Waals surface area contributed by atoms with E-state index in [0.29, 0.717) is 6.54 Å². The van der Waals surface area contributed by atoms with Gasteiger partial charge < -0.3 is 16.0 Å². The Morgan fingerprint density at radius 3 is 2.62 bits per heavy atom. The Hall–Kier alpha value is -2.34. The van der Waals surface area contributed by atoms with Crippen LogP contribution in [0.4, 0.5) is 5.69 Å². The zero-order chi connectivity index (χ0) is 15.2. The second-order valence-corrected chi connectivity index (χ2v) is 5.09. The Balaban J connectivity index is 1.98. The summed E-state index contributed by atoms with van der Waals surface area (Å²) in [6, 6.07) is 7.65. The fraction of sp³-hybridized carbons (Fsp3) is 0.333. The number of amides is 1. The first-order valence-corrected chi connectivity index (χ1v) is 6.87. The molecule has 0 aliphatic rings. The first kappa shape index (κ1) is 15.1. The van der Waals surface area contributed by atoms with Crippen LogP contribution in [0.15, 0.2) is 36.7 Å². The van der Waals surface area contributed by atoms with Crippen molar-refractivity contribution in [1.82, 2.24) is 14.5 Å². The number of imidazole rings is 1. The molecule has 1 aromatic heterocycles. The van der Waals surface area contributed by atoms with Crippen molar-refractivity contribution in [3.8, 4) is 0 Å². The van der Waals surface area contributed by atoms with E-state index in [1.54, 1.807) is 6.20 Å². The van der Waals surface area contributed by atoms with Crippen molar-refractivity contribution >= 4 is 11.6 Å². The number of hydrogen-bond donors (Lipinski definition) is 2. The average Bonchev–Trinajstić information content (AvgIpc) is 2.83. The topological polar surface area (TPSA) is 90.2 Å². The maximum atomic E-state index is 11.2. The number of primary amides is 1. The van der Waals surface area contributed by atoms with Crippen molar-refractivity contribution in [3.63, 3.8) is 0 Å². The third-order valence-corrected chi connectivity index (χ3v) is 3.35. The summed E-state index contributed by atoms with van der Waals surface area (Å²) >= 11 is 0. The van der Waals surface area contributed by atoms with Crippen molar-refractivity contribution in [3.05, 3.63) is 48.0 Å². The van der Waals surface area contributed by atoms with E-state index in [1.165, 1.54) is 0 Å². The molecule has 6 nitrogen and oxygen atoms in total.